The van der Waals surface area contributed by atoms with E-state index in [4.69, 9.17) is 0 Å². The molecule has 1 aromatic heterocycles. The molecule has 0 spiro atoms. The Kier molecular flexibility index (Phi) is 3.52. The molecule has 1 heterocycles. The maximum atomic E-state index is 11.5. The van der Waals surface area contributed by atoms with Crippen LogP contribution in [0.5, 0.6) is 0 Å². The van der Waals surface area contributed by atoms with E-state index in [1.807, 2.05) is 6.92 Å². The van der Waals surface area contributed by atoms with Gasteiger partial charge in [-0.05, 0) is 6.92 Å². The Morgan fingerprint density at radius 1 is 1.50 bits per heavy atom. The lowest BCUT2D eigenvalue weighted by Crippen LogP contribution is -2.13. The van der Waals surface area contributed by atoms with E-state index in [0.717, 1.165) is 5.01 Å². The highest BCUT2D eigenvalue weighted by Crippen LogP contribution is 2.11. The first-order valence-electron chi connectivity index (χ1n) is 4.48. The Morgan fingerprint density at radius 3 is 2.57 bits per heavy atom. The zero-order valence-corrected chi connectivity index (χ0v) is 9.35. The first kappa shape index (κ1) is 11.0. The van der Waals surface area contributed by atoms with Crippen LogP contribution in [-0.2, 0) is 4.79 Å². The zero-order valence-electron chi connectivity index (χ0n) is 8.53. The Morgan fingerprint density at radius 2 is 2.14 bits per heavy atom. The molecule has 0 fully saturated rings. The fourth-order valence-corrected chi connectivity index (χ4v) is 1.56. The van der Waals surface area contributed by atoms with Crippen LogP contribution in [0.1, 0.15) is 35.8 Å². The molecule has 0 unspecified atom stereocenters. The molecule has 0 aliphatic heterocycles. The molecule has 1 aromatic rings. The number of carbonyl (C=O) groups excluding carboxylic acids is 2. The number of hydrogen-bond donors (Lipinski definition) is 0. The van der Waals surface area contributed by atoms with Crippen LogP contribution in [0, 0.1) is 12.8 Å². The number of hydrogen-bond acceptors (Lipinski definition) is 4. The van der Waals surface area contributed by atoms with E-state index in [-0.39, 0.29) is 23.9 Å². The second kappa shape index (κ2) is 4.46. The lowest BCUT2D eigenvalue weighted by molar-refractivity contribution is -0.121. The van der Waals surface area contributed by atoms with Crippen LogP contribution >= 0.6 is 11.3 Å². The highest BCUT2D eigenvalue weighted by Gasteiger charge is 2.16. The van der Waals surface area contributed by atoms with Gasteiger partial charge in [0.05, 0.1) is 11.4 Å². The van der Waals surface area contributed by atoms with E-state index in [2.05, 4.69) is 4.98 Å². The van der Waals surface area contributed by atoms with Crippen molar-refractivity contribution in [3.8, 4) is 0 Å². The monoisotopic (exact) mass is 211 g/mol. The van der Waals surface area contributed by atoms with Gasteiger partial charge in [0.1, 0.15) is 11.5 Å². The fraction of sp³-hybridized carbons (Fsp3) is 0.500. The number of thiazole rings is 1. The first-order chi connectivity index (χ1) is 6.50. The average Bonchev–Trinajstić information content (AvgIpc) is 2.51. The third kappa shape index (κ3) is 2.73. The molecule has 0 aliphatic carbocycles. The van der Waals surface area contributed by atoms with E-state index < -0.39 is 0 Å². The number of aromatic nitrogens is 1. The van der Waals surface area contributed by atoms with Gasteiger partial charge in [-0.1, -0.05) is 13.8 Å². The van der Waals surface area contributed by atoms with Crippen molar-refractivity contribution < 1.29 is 9.59 Å². The van der Waals surface area contributed by atoms with Gasteiger partial charge in [0.2, 0.25) is 0 Å². The van der Waals surface area contributed by atoms with E-state index in [9.17, 15) is 9.59 Å². The summed E-state index contributed by atoms with van der Waals surface area (Å²) in [6.45, 7) is 5.43. The van der Waals surface area contributed by atoms with E-state index in [0.29, 0.717) is 5.69 Å². The molecule has 14 heavy (non-hydrogen) atoms. The van der Waals surface area contributed by atoms with Crippen LogP contribution in [0.4, 0.5) is 0 Å². The van der Waals surface area contributed by atoms with E-state index in [1.165, 1.54) is 11.3 Å². The van der Waals surface area contributed by atoms with Crippen LogP contribution in [0.25, 0.3) is 0 Å². The Bertz CT molecular complexity index is 355. The molecule has 76 valence electrons. The summed E-state index contributed by atoms with van der Waals surface area (Å²) in [6.07, 6.45) is -0.0269. The number of carbonyl (C=O) groups is 2. The number of nitrogens with zero attached hydrogens (tertiary/aromatic N) is 1. The second-order valence-electron chi connectivity index (χ2n) is 3.47. The van der Waals surface area contributed by atoms with Crippen molar-refractivity contribution in [1.29, 1.82) is 0 Å². The molecule has 0 amide bonds. The van der Waals surface area contributed by atoms with Gasteiger partial charge in [-0.15, -0.1) is 11.3 Å². The molecular weight excluding hydrogens is 198 g/mol. The summed E-state index contributed by atoms with van der Waals surface area (Å²) in [5.74, 6) is -0.285. The standard InChI is InChI=1S/C10H13NO2S/c1-6(2)9(12)4-10(13)8-5-14-7(3)11-8/h5-6H,4H2,1-3H3. The largest absolute Gasteiger partial charge is 0.299 e. The van der Waals surface area contributed by atoms with E-state index in [1.54, 1.807) is 19.2 Å². The molecular formula is C10H13NO2S. The Balaban J connectivity index is 2.64. The normalized spacial score (nSPS) is 10.6. The minimum absolute atomic E-state index is 0.0269. The summed E-state index contributed by atoms with van der Waals surface area (Å²) >= 11 is 1.42. The lowest BCUT2D eigenvalue weighted by atomic mass is 10.0. The topological polar surface area (TPSA) is 47.0 Å². The molecule has 3 nitrogen and oxygen atoms in total. The van der Waals surface area contributed by atoms with Gasteiger partial charge >= 0.3 is 0 Å². The molecule has 0 aliphatic rings. The van der Waals surface area contributed by atoms with Crippen LogP contribution < -0.4 is 0 Å². The maximum Gasteiger partial charge on any atom is 0.189 e. The average molecular weight is 211 g/mol. The number of aryl methyl sites for hydroxylation is 1. The van der Waals surface area contributed by atoms with Crippen LogP contribution in [0.2, 0.25) is 0 Å². The van der Waals surface area contributed by atoms with Gasteiger partial charge in [-0.25, -0.2) is 4.98 Å². The highest BCUT2D eigenvalue weighted by atomic mass is 32.1. The van der Waals surface area contributed by atoms with Crippen molar-refractivity contribution in [2.75, 3.05) is 0 Å². The molecule has 4 heteroatoms. The van der Waals surface area contributed by atoms with Gasteiger partial charge in [0.25, 0.3) is 0 Å². The third-order valence-corrected chi connectivity index (χ3v) is 2.66. The minimum atomic E-state index is -0.173. The second-order valence-corrected chi connectivity index (χ2v) is 4.53. The van der Waals surface area contributed by atoms with E-state index >= 15 is 0 Å². The summed E-state index contributed by atoms with van der Waals surface area (Å²) in [5, 5.41) is 2.55. The SMILES string of the molecule is Cc1nc(C(=O)CC(=O)C(C)C)cs1. The summed E-state index contributed by atoms with van der Waals surface area (Å²) in [4.78, 5) is 26.8. The van der Waals surface area contributed by atoms with Gasteiger partial charge in [-0.3, -0.25) is 9.59 Å². The van der Waals surface area contributed by atoms with Crippen molar-refractivity contribution in [3.05, 3.63) is 16.1 Å². The number of rotatable bonds is 4. The van der Waals surface area contributed by atoms with Gasteiger partial charge < -0.3 is 0 Å². The lowest BCUT2D eigenvalue weighted by Gasteiger charge is -2.00. The molecule has 0 radical (unpaired) electrons. The van der Waals surface area contributed by atoms with Crippen molar-refractivity contribution in [2.45, 2.75) is 27.2 Å². The molecule has 1 rings (SSSR count). The fourth-order valence-electron chi connectivity index (χ4n) is 0.944. The van der Waals surface area contributed by atoms with Crippen LogP contribution in [0.15, 0.2) is 5.38 Å². The van der Waals surface area contributed by atoms with Gasteiger partial charge in [-0.2, -0.15) is 0 Å². The predicted molar refractivity (Wildman–Crippen MR) is 55.6 cm³/mol. The highest BCUT2D eigenvalue weighted by molar-refractivity contribution is 7.09. The number of Topliss-reactive ketones (excluding diaryl/α,β-unsaturated/α-hetero) is 2. The third-order valence-electron chi connectivity index (χ3n) is 1.88. The molecule has 0 atom stereocenters. The van der Waals surface area contributed by atoms with Gasteiger partial charge in [0, 0.05) is 11.3 Å². The number of ketones is 2. The maximum absolute atomic E-state index is 11.5. The van der Waals surface area contributed by atoms with Crippen molar-refractivity contribution >= 4 is 22.9 Å². The molecule has 0 bridgehead atoms. The molecule has 0 aromatic carbocycles. The van der Waals surface area contributed by atoms with Crippen molar-refractivity contribution in [1.82, 2.24) is 4.98 Å². The molecule has 0 N–H and O–H groups in total. The zero-order chi connectivity index (χ0) is 10.7. The van der Waals surface area contributed by atoms with Crippen LogP contribution in [0.3, 0.4) is 0 Å². The smallest absolute Gasteiger partial charge is 0.189 e. The predicted octanol–water partition coefficient (Wildman–Crippen LogP) is 2.25. The van der Waals surface area contributed by atoms with Crippen molar-refractivity contribution in [2.24, 2.45) is 5.92 Å². The summed E-state index contributed by atoms with van der Waals surface area (Å²) in [7, 11) is 0. The minimum Gasteiger partial charge on any atom is -0.299 e. The van der Waals surface area contributed by atoms with Crippen LogP contribution in [-0.4, -0.2) is 16.6 Å². The van der Waals surface area contributed by atoms with Crippen molar-refractivity contribution in [3.63, 3.8) is 0 Å². The Hall–Kier alpha value is -1.03. The molecule has 0 saturated carbocycles. The summed E-state index contributed by atoms with van der Waals surface area (Å²) < 4.78 is 0. The quantitative estimate of drug-likeness (QED) is 0.567. The first-order valence-corrected chi connectivity index (χ1v) is 5.36. The summed E-state index contributed by atoms with van der Waals surface area (Å²) in [6, 6.07) is 0. The summed E-state index contributed by atoms with van der Waals surface area (Å²) in [5.41, 5.74) is 0.418. The Labute approximate surface area is 87.2 Å². The van der Waals surface area contributed by atoms with Gasteiger partial charge in [0.15, 0.2) is 5.78 Å². The molecule has 0 saturated heterocycles.